The normalized spacial score (nSPS) is 16.5. The molecular formula is C22H27N3O3S. The second-order valence-electron chi connectivity index (χ2n) is 7.39. The van der Waals surface area contributed by atoms with Crippen LogP contribution in [0.2, 0.25) is 0 Å². The molecule has 0 saturated carbocycles. The van der Waals surface area contributed by atoms with Gasteiger partial charge in [-0.2, -0.15) is 0 Å². The van der Waals surface area contributed by atoms with Crippen LogP contribution in [-0.4, -0.2) is 45.9 Å². The average molecular weight is 414 g/mol. The van der Waals surface area contributed by atoms with Gasteiger partial charge in [-0.1, -0.05) is 30.0 Å². The topological polar surface area (TPSA) is 72.4 Å². The fourth-order valence-electron chi connectivity index (χ4n) is 3.50. The molecule has 2 heterocycles. The largest absolute Gasteiger partial charge is 0.452 e. The number of benzene rings is 1. The van der Waals surface area contributed by atoms with Gasteiger partial charge in [-0.05, 0) is 57.7 Å². The first-order valence-corrected chi connectivity index (χ1v) is 10.9. The fourth-order valence-corrected chi connectivity index (χ4v) is 4.46. The van der Waals surface area contributed by atoms with Gasteiger partial charge < -0.3 is 9.64 Å². The predicted molar refractivity (Wildman–Crippen MR) is 113 cm³/mol. The van der Waals surface area contributed by atoms with Crippen LogP contribution in [0, 0.1) is 13.8 Å². The second kappa shape index (κ2) is 9.87. The van der Waals surface area contributed by atoms with E-state index in [0.717, 1.165) is 42.8 Å². The van der Waals surface area contributed by atoms with Crippen molar-refractivity contribution in [2.24, 2.45) is 0 Å². The molecule has 0 N–H and O–H groups in total. The van der Waals surface area contributed by atoms with E-state index in [-0.39, 0.29) is 18.6 Å². The molecule has 3 rings (SSSR count). The summed E-state index contributed by atoms with van der Waals surface area (Å²) in [6, 6.07) is 9.43. The molecule has 1 amide bonds. The third kappa shape index (κ3) is 5.79. The van der Waals surface area contributed by atoms with Crippen LogP contribution in [0.5, 0.6) is 0 Å². The van der Waals surface area contributed by atoms with Crippen molar-refractivity contribution in [2.45, 2.75) is 57.0 Å². The maximum absolute atomic E-state index is 12.6. The maximum atomic E-state index is 12.6. The number of aryl methyl sites for hydroxylation is 2. The molecule has 29 heavy (non-hydrogen) atoms. The number of nitrogens with zero attached hydrogens (tertiary/aromatic N) is 3. The van der Waals surface area contributed by atoms with E-state index in [1.165, 1.54) is 11.8 Å². The van der Waals surface area contributed by atoms with Crippen molar-refractivity contribution in [1.29, 1.82) is 0 Å². The van der Waals surface area contributed by atoms with Crippen LogP contribution in [0.3, 0.4) is 0 Å². The Balaban J connectivity index is 1.61. The van der Waals surface area contributed by atoms with Crippen molar-refractivity contribution in [1.82, 2.24) is 14.9 Å². The number of ether oxygens (including phenoxy) is 1. The summed E-state index contributed by atoms with van der Waals surface area (Å²) >= 11 is 1.48. The van der Waals surface area contributed by atoms with Crippen LogP contribution in [0.4, 0.5) is 0 Å². The molecule has 1 aromatic heterocycles. The molecule has 1 aliphatic rings. The van der Waals surface area contributed by atoms with E-state index in [4.69, 9.17) is 4.74 Å². The molecule has 0 spiro atoms. The van der Waals surface area contributed by atoms with Crippen molar-refractivity contribution >= 4 is 23.6 Å². The zero-order chi connectivity index (χ0) is 20.8. The Morgan fingerprint density at radius 1 is 1.17 bits per heavy atom. The highest BCUT2D eigenvalue weighted by molar-refractivity contribution is 7.98. The number of likely N-dealkylation sites (tertiary alicyclic amines) is 1. The summed E-state index contributed by atoms with van der Waals surface area (Å²) in [4.78, 5) is 35.7. The Morgan fingerprint density at radius 2 is 1.90 bits per heavy atom. The lowest BCUT2D eigenvalue weighted by Crippen LogP contribution is -2.44. The molecular weight excluding hydrogens is 386 g/mol. The summed E-state index contributed by atoms with van der Waals surface area (Å²) in [5, 5.41) is 0.680. The molecule has 0 unspecified atom stereocenters. The van der Waals surface area contributed by atoms with Gasteiger partial charge in [0.2, 0.25) is 0 Å². The van der Waals surface area contributed by atoms with Gasteiger partial charge in [0, 0.05) is 29.7 Å². The van der Waals surface area contributed by atoms with Crippen LogP contribution < -0.4 is 0 Å². The van der Waals surface area contributed by atoms with E-state index in [2.05, 4.69) is 9.97 Å². The number of hydrogen-bond acceptors (Lipinski definition) is 6. The average Bonchev–Trinajstić information content (AvgIpc) is 2.70. The van der Waals surface area contributed by atoms with Crippen LogP contribution >= 0.6 is 11.8 Å². The smallest absolute Gasteiger partial charge is 0.338 e. The van der Waals surface area contributed by atoms with Gasteiger partial charge in [-0.25, -0.2) is 14.8 Å². The second-order valence-corrected chi connectivity index (χ2v) is 8.33. The van der Waals surface area contributed by atoms with Crippen molar-refractivity contribution in [3.63, 3.8) is 0 Å². The van der Waals surface area contributed by atoms with Crippen molar-refractivity contribution in [2.75, 3.05) is 13.2 Å². The van der Waals surface area contributed by atoms with Crippen molar-refractivity contribution in [3.8, 4) is 0 Å². The van der Waals surface area contributed by atoms with Crippen LogP contribution in [0.15, 0.2) is 35.5 Å². The summed E-state index contributed by atoms with van der Waals surface area (Å²) in [5.74, 6) is -0.0488. The summed E-state index contributed by atoms with van der Waals surface area (Å²) < 4.78 is 5.35. The zero-order valence-electron chi connectivity index (χ0n) is 17.2. The Labute approximate surface area is 176 Å². The maximum Gasteiger partial charge on any atom is 0.338 e. The first-order chi connectivity index (χ1) is 13.9. The molecule has 6 nitrogen and oxygen atoms in total. The lowest BCUT2D eigenvalue weighted by Gasteiger charge is -2.33. The van der Waals surface area contributed by atoms with Gasteiger partial charge in [0.1, 0.15) is 0 Å². The number of aromatic nitrogens is 2. The van der Waals surface area contributed by atoms with Gasteiger partial charge in [-0.3, -0.25) is 4.79 Å². The molecule has 1 aromatic carbocycles. The van der Waals surface area contributed by atoms with Crippen LogP contribution in [0.25, 0.3) is 0 Å². The molecule has 0 bridgehead atoms. The lowest BCUT2D eigenvalue weighted by molar-refractivity contribution is -0.137. The van der Waals surface area contributed by atoms with E-state index in [9.17, 15) is 9.59 Å². The number of carbonyl (C=O) groups excluding carboxylic acids is 2. The molecule has 1 fully saturated rings. The minimum Gasteiger partial charge on any atom is -0.452 e. The Kier molecular flexibility index (Phi) is 7.25. The van der Waals surface area contributed by atoms with Gasteiger partial charge in [0.05, 0.1) is 5.56 Å². The Bertz CT molecular complexity index is 867. The third-order valence-electron chi connectivity index (χ3n) is 5.01. The zero-order valence-corrected chi connectivity index (χ0v) is 18.0. The minimum atomic E-state index is -0.472. The number of esters is 1. The minimum absolute atomic E-state index is 0.124. The summed E-state index contributed by atoms with van der Waals surface area (Å²) in [6.07, 6.45) is 3.14. The van der Waals surface area contributed by atoms with Gasteiger partial charge >= 0.3 is 5.97 Å². The molecule has 0 aliphatic carbocycles. The van der Waals surface area contributed by atoms with Crippen molar-refractivity contribution in [3.05, 3.63) is 52.8 Å². The SMILES string of the molecule is Cc1cc(C)nc(SCc2ccccc2C(=O)OCC(=O)N2CCCC[C@@H]2C)n1. The molecule has 1 saturated heterocycles. The number of rotatable bonds is 6. The predicted octanol–water partition coefficient (Wildman–Crippen LogP) is 3.94. The number of amides is 1. The number of carbonyl (C=O) groups is 2. The molecule has 2 aromatic rings. The first kappa shape index (κ1) is 21.3. The summed E-state index contributed by atoms with van der Waals surface area (Å²) in [6.45, 7) is 6.43. The molecule has 1 aliphatic heterocycles. The number of thioether (sulfide) groups is 1. The number of hydrogen-bond donors (Lipinski definition) is 0. The van der Waals surface area contributed by atoms with Crippen molar-refractivity contribution < 1.29 is 14.3 Å². The van der Waals surface area contributed by atoms with Gasteiger partial charge in [0.25, 0.3) is 5.91 Å². The molecule has 1 atom stereocenters. The standard InChI is InChI=1S/C22H27N3O3S/c1-15-12-16(2)24-22(23-15)29-14-18-9-4-5-10-19(18)21(27)28-13-20(26)25-11-7-6-8-17(25)3/h4-5,9-10,12,17H,6-8,11,13-14H2,1-3H3/t17-/m0/s1. The lowest BCUT2D eigenvalue weighted by atomic mass is 10.0. The highest BCUT2D eigenvalue weighted by Crippen LogP contribution is 2.23. The summed E-state index contributed by atoms with van der Waals surface area (Å²) in [5.41, 5.74) is 3.14. The highest BCUT2D eigenvalue weighted by atomic mass is 32.2. The summed E-state index contributed by atoms with van der Waals surface area (Å²) in [7, 11) is 0. The molecule has 0 radical (unpaired) electrons. The van der Waals surface area contributed by atoms with Gasteiger partial charge in [0.15, 0.2) is 11.8 Å². The number of piperidine rings is 1. The fraction of sp³-hybridized carbons (Fsp3) is 0.455. The van der Waals surface area contributed by atoms with E-state index in [0.29, 0.717) is 16.5 Å². The Hall–Kier alpha value is -2.41. The molecule has 154 valence electrons. The van der Waals surface area contributed by atoms with E-state index < -0.39 is 5.97 Å². The third-order valence-corrected chi connectivity index (χ3v) is 5.90. The van der Waals surface area contributed by atoms with Crippen LogP contribution in [0.1, 0.15) is 53.5 Å². The van der Waals surface area contributed by atoms with Crippen LogP contribution in [-0.2, 0) is 15.3 Å². The molecule has 7 heteroatoms. The quantitative estimate of drug-likeness (QED) is 0.406. The van der Waals surface area contributed by atoms with E-state index in [1.54, 1.807) is 12.1 Å². The first-order valence-electron chi connectivity index (χ1n) is 9.93. The monoisotopic (exact) mass is 413 g/mol. The van der Waals surface area contributed by atoms with E-state index in [1.807, 2.05) is 43.9 Å². The Morgan fingerprint density at radius 3 is 2.62 bits per heavy atom. The van der Waals surface area contributed by atoms with Gasteiger partial charge in [-0.15, -0.1) is 0 Å². The highest BCUT2D eigenvalue weighted by Gasteiger charge is 2.24. The van der Waals surface area contributed by atoms with E-state index >= 15 is 0 Å².